The van der Waals surface area contributed by atoms with Crippen LogP contribution < -0.4 is 4.74 Å². The molecule has 1 amide bonds. The Labute approximate surface area is 208 Å². The van der Waals surface area contributed by atoms with E-state index in [1.165, 1.54) is 12.5 Å². The first-order valence-corrected chi connectivity index (χ1v) is 13.5. The van der Waals surface area contributed by atoms with Crippen molar-refractivity contribution in [1.29, 1.82) is 0 Å². The Kier molecular flexibility index (Phi) is 6.11. The number of benzene rings is 1. The van der Waals surface area contributed by atoms with Gasteiger partial charge in [0.2, 0.25) is 0 Å². The summed E-state index contributed by atoms with van der Waals surface area (Å²) in [6.07, 6.45) is 10.1. The molecule has 5 aromatic rings. The minimum Gasteiger partial charge on any atom is -0.487 e. The molecule has 4 aromatic heterocycles. The summed E-state index contributed by atoms with van der Waals surface area (Å²) in [5.74, 6) is 0.0266. The van der Waals surface area contributed by atoms with Gasteiger partial charge in [-0.05, 0) is 54.1 Å². The summed E-state index contributed by atoms with van der Waals surface area (Å²) in [6.45, 7) is 0.0537. The molecule has 0 unspecified atom stereocenters. The number of aromatic nitrogens is 5. The Morgan fingerprint density at radius 3 is 2.50 bits per heavy atom. The molecular weight excluding hydrogens is 476 g/mol. The third kappa shape index (κ3) is 4.89. The average Bonchev–Trinajstić information content (AvgIpc) is 3.43. The number of ether oxygens (including phenoxy) is 1. The summed E-state index contributed by atoms with van der Waals surface area (Å²) in [4.78, 5) is 21.5. The quantitative estimate of drug-likeness (QED) is 0.345. The van der Waals surface area contributed by atoms with Gasteiger partial charge in [-0.15, -0.1) is 0 Å². The molecule has 0 bridgehead atoms. The van der Waals surface area contributed by atoms with E-state index in [1.54, 1.807) is 39.8 Å². The molecule has 0 aliphatic heterocycles. The van der Waals surface area contributed by atoms with Crippen LogP contribution in [-0.4, -0.2) is 46.8 Å². The van der Waals surface area contributed by atoms with Crippen LogP contribution in [0.15, 0.2) is 83.7 Å². The fourth-order valence-electron chi connectivity index (χ4n) is 3.92. The maximum atomic E-state index is 12.8. The molecule has 0 saturated carbocycles. The molecule has 0 N–H and O–H groups in total. The third-order valence-corrected chi connectivity index (χ3v) is 6.04. The number of nitrogens with zero attached hydrogens (tertiary/aromatic N) is 6. The maximum absolute atomic E-state index is 12.8. The van der Waals surface area contributed by atoms with Crippen molar-refractivity contribution in [3.8, 4) is 28.1 Å². The van der Waals surface area contributed by atoms with Gasteiger partial charge in [0, 0.05) is 65.2 Å². The fraction of sp³-hybridized carbons (Fsp3) is 0.154. The van der Waals surface area contributed by atoms with E-state index in [0.717, 1.165) is 22.4 Å². The van der Waals surface area contributed by atoms with Gasteiger partial charge < -0.3 is 4.74 Å². The number of rotatable bonds is 6. The van der Waals surface area contributed by atoms with Crippen LogP contribution in [0, 0.1) is 0 Å². The fourth-order valence-corrected chi connectivity index (χ4v) is 4.41. The molecule has 10 heteroatoms. The molecule has 0 aliphatic rings. The predicted molar refractivity (Wildman–Crippen MR) is 138 cm³/mol. The van der Waals surface area contributed by atoms with Crippen molar-refractivity contribution in [2.24, 2.45) is 11.4 Å². The van der Waals surface area contributed by atoms with E-state index in [1.807, 2.05) is 55.7 Å². The van der Waals surface area contributed by atoms with Crippen molar-refractivity contribution in [2.75, 3.05) is 12.5 Å². The molecule has 0 aliphatic carbocycles. The summed E-state index contributed by atoms with van der Waals surface area (Å²) in [5, 5.41) is 4.64. The number of imidazole rings is 1. The molecule has 1 aromatic carbocycles. The van der Waals surface area contributed by atoms with Gasteiger partial charge in [-0.3, -0.25) is 18.9 Å². The van der Waals surface area contributed by atoms with Crippen LogP contribution in [0.5, 0.6) is 5.75 Å². The number of amides is 1. The number of carbonyl (C=O) groups is 1. The minimum atomic E-state index is -2.62. The Hall–Kier alpha value is -4.31. The zero-order chi connectivity index (χ0) is 25.3. The van der Waals surface area contributed by atoms with Crippen molar-refractivity contribution in [1.82, 2.24) is 24.1 Å². The van der Waals surface area contributed by atoms with Crippen molar-refractivity contribution in [3.63, 3.8) is 0 Å². The molecule has 0 saturated heterocycles. The van der Waals surface area contributed by atoms with Gasteiger partial charge in [0.15, 0.2) is 0 Å². The van der Waals surface area contributed by atoms with E-state index in [-0.39, 0.29) is 12.3 Å². The first-order valence-electron chi connectivity index (χ1n) is 11.1. The summed E-state index contributed by atoms with van der Waals surface area (Å²) in [7, 11) is -0.733. The Morgan fingerprint density at radius 1 is 1.03 bits per heavy atom. The topological polar surface area (TPSA) is 104 Å². The van der Waals surface area contributed by atoms with Crippen molar-refractivity contribution in [3.05, 3.63) is 90.8 Å². The highest BCUT2D eigenvalue weighted by molar-refractivity contribution is 7.92. The summed E-state index contributed by atoms with van der Waals surface area (Å²) in [5.41, 5.74) is 5.09. The molecule has 5 rings (SSSR count). The Morgan fingerprint density at radius 2 is 1.78 bits per heavy atom. The zero-order valence-electron chi connectivity index (χ0n) is 20.0. The number of carbonyl (C=O) groups excluding carboxylic acids is 1. The maximum Gasteiger partial charge on any atom is 0.304 e. The monoisotopic (exact) mass is 500 g/mol. The molecular formula is C26H24N6O3S. The lowest BCUT2D eigenvalue weighted by atomic mass is 10.0. The number of fused-ring (bicyclic) bond motifs is 1. The van der Waals surface area contributed by atoms with E-state index in [2.05, 4.69) is 19.4 Å². The lowest BCUT2D eigenvalue weighted by molar-refractivity contribution is 0.0996. The van der Waals surface area contributed by atoms with Crippen LogP contribution in [0.3, 0.4) is 0 Å². The standard InChI is InChI=1S/C26H24N6O3S/c1-31-16-21(18-11-13-27-14-12-18)24(29-31)19-7-9-20(10-8-19)35-17-22-25(26(33)30-36(2,3)34)32-15-5-4-6-23(32)28-22/h4-16H,17H2,1-3H3. The van der Waals surface area contributed by atoms with E-state index >= 15 is 0 Å². The largest absolute Gasteiger partial charge is 0.487 e. The Bertz CT molecular complexity index is 1670. The summed E-state index contributed by atoms with van der Waals surface area (Å²) >= 11 is 0. The minimum absolute atomic E-state index is 0.0537. The smallest absolute Gasteiger partial charge is 0.304 e. The molecule has 0 fully saturated rings. The zero-order valence-corrected chi connectivity index (χ0v) is 20.8. The van der Waals surface area contributed by atoms with Gasteiger partial charge in [-0.2, -0.15) is 9.46 Å². The number of hydrogen-bond donors (Lipinski definition) is 0. The normalized spacial score (nSPS) is 11.5. The highest BCUT2D eigenvalue weighted by Crippen LogP contribution is 2.31. The van der Waals surface area contributed by atoms with Gasteiger partial charge in [-0.25, -0.2) is 9.19 Å². The van der Waals surface area contributed by atoms with Crippen LogP contribution in [-0.2, 0) is 23.4 Å². The van der Waals surface area contributed by atoms with Crippen molar-refractivity contribution in [2.45, 2.75) is 6.61 Å². The second-order valence-corrected chi connectivity index (χ2v) is 11.1. The summed E-state index contributed by atoms with van der Waals surface area (Å²) < 4.78 is 25.4. The predicted octanol–water partition coefficient (Wildman–Crippen LogP) is 4.24. The van der Waals surface area contributed by atoms with Gasteiger partial charge in [0.25, 0.3) is 0 Å². The highest BCUT2D eigenvalue weighted by atomic mass is 32.2. The summed E-state index contributed by atoms with van der Waals surface area (Å²) in [6, 6.07) is 16.9. The van der Waals surface area contributed by atoms with Crippen LogP contribution >= 0.6 is 0 Å². The average molecular weight is 501 g/mol. The van der Waals surface area contributed by atoms with Crippen molar-refractivity contribution >= 4 is 21.3 Å². The van der Waals surface area contributed by atoms with E-state index in [0.29, 0.717) is 17.1 Å². The molecule has 0 atom stereocenters. The van der Waals surface area contributed by atoms with Gasteiger partial charge in [0.05, 0.1) is 0 Å². The van der Waals surface area contributed by atoms with Gasteiger partial charge in [0.1, 0.15) is 35.1 Å². The van der Waals surface area contributed by atoms with E-state index in [4.69, 9.17) is 4.74 Å². The van der Waals surface area contributed by atoms with Gasteiger partial charge >= 0.3 is 5.91 Å². The molecule has 0 spiro atoms. The lowest BCUT2D eigenvalue weighted by Gasteiger charge is -2.07. The molecule has 182 valence electrons. The highest BCUT2D eigenvalue weighted by Gasteiger charge is 2.20. The van der Waals surface area contributed by atoms with Crippen LogP contribution in [0.2, 0.25) is 0 Å². The second kappa shape index (κ2) is 9.38. The van der Waals surface area contributed by atoms with Gasteiger partial charge in [-0.1, -0.05) is 6.07 Å². The first kappa shape index (κ1) is 23.4. The molecule has 9 nitrogen and oxygen atoms in total. The first-order chi connectivity index (χ1) is 17.3. The second-order valence-electron chi connectivity index (χ2n) is 8.53. The molecule has 36 heavy (non-hydrogen) atoms. The van der Waals surface area contributed by atoms with Crippen molar-refractivity contribution < 1.29 is 13.7 Å². The third-order valence-electron chi connectivity index (χ3n) is 5.43. The van der Waals surface area contributed by atoms with Crippen LogP contribution in [0.4, 0.5) is 0 Å². The van der Waals surface area contributed by atoms with E-state index in [9.17, 15) is 9.00 Å². The molecule has 4 heterocycles. The number of pyridine rings is 2. The Balaban J connectivity index is 1.41. The van der Waals surface area contributed by atoms with Crippen LogP contribution in [0.1, 0.15) is 16.2 Å². The number of hydrogen-bond acceptors (Lipinski definition) is 6. The molecule has 0 radical (unpaired) electrons. The van der Waals surface area contributed by atoms with Crippen LogP contribution in [0.25, 0.3) is 28.0 Å². The number of aryl methyl sites for hydroxylation is 1. The SMILES string of the molecule is Cn1cc(-c2ccncc2)c(-c2ccc(OCc3nc4ccccn4c3C(=O)N=S(C)(C)=O)cc2)n1. The van der Waals surface area contributed by atoms with E-state index < -0.39 is 15.6 Å². The lowest BCUT2D eigenvalue weighted by Crippen LogP contribution is -2.09.